The largest absolute Gasteiger partial charge is 0.360 e. The lowest BCUT2D eigenvalue weighted by Gasteiger charge is -1.99. The van der Waals surface area contributed by atoms with Crippen molar-refractivity contribution < 1.29 is 4.52 Å². The van der Waals surface area contributed by atoms with Crippen LogP contribution >= 0.6 is 0 Å². The molecular formula is C13H15NO. The Bertz CT molecular complexity index is 431. The second-order valence-corrected chi connectivity index (χ2v) is 3.51. The monoisotopic (exact) mass is 201 g/mol. The molecule has 0 atom stereocenters. The van der Waals surface area contributed by atoms with Gasteiger partial charge in [0.25, 0.3) is 0 Å². The molecule has 1 heterocycles. The molecule has 0 spiro atoms. The van der Waals surface area contributed by atoms with Crippen LogP contribution in [0.25, 0.3) is 11.3 Å². The third kappa shape index (κ3) is 1.80. The first kappa shape index (κ1) is 9.97. The molecule has 1 aromatic heterocycles. The van der Waals surface area contributed by atoms with Crippen LogP contribution in [0, 0.1) is 0 Å². The molecule has 0 aliphatic rings. The summed E-state index contributed by atoms with van der Waals surface area (Å²) < 4.78 is 5.34. The Morgan fingerprint density at radius 3 is 2.40 bits per heavy atom. The van der Waals surface area contributed by atoms with E-state index in [0.717, 1.165) is 29.9 Å². The number of aryl methyl sites for hydroxylation is 1. The van der Waals surface area contributed by atoms with Crippen LogP contribution in [0.2, 0.25) is 0 Å². The number of nitrogens with zero attached hydrogens (tertiary/aromatic N) is 1. The van der Waals surface area contributed by atoms with Gasteiger partial charge in [0, 0.05) is 17.5 Å². The fraction of sp³-hybridized carbons (Fsp3) is 0.308. The minimum Gasteiger partial charge on any atom is -0.360 e. The molecule has 1 aromatic carbocycles. The Hall–Kier alpha value is -1.57. The van der Waals surface area contributed by atoms with E-state index >= 15 is 0 Å². The van der Waals surface area contributed by atoms with Gasteiger partial charge in [-0.1, -0.05) is 49.3 Å². The van der Waals surface area contributed by atoms with E-state index in [1.807, 2.05) is 18.2 Å². The van der Waals surface area contributed by atoms with Crippen molar-refractivity contribution in [2.45, 2.75) is 26.7 Å². The molecular weight excluding hydrogens is 186 g/mol. The van der Waals surface area contributed by atoms with Gasteiger partial charge in [0.1, 0.15) is 11.5 Å². The van der Waals surface area contributed by atoms with E-state index in [4.69, 9.17) is 4.52 Å². The zero-order valence-corrected chi connectivity index (χ0v) is 9.16. The standard InChI is InChI=1S/C13H15NO/c1-3-11-12(4-2)15-14-13(11)10-8-6-5-7-9-10/h5-9H,3-4H2,1-2H3. The molecule has 0 radical (unpaired) electrons. The van der Waals surface area contributed by atoms with Crippen molar-refractivity contribution in [2.24, 2.45) is 0 Å². The summed E-state index contributed by atoms with van der Waals surface area (Å²) in [6.07, 6.45) is 1.87. The van der Waals surface area contributed by atoms with Gasteiger partial charge in [0.2, 0.25) is 0 Å². The highest BCUT2D eigenvalue weighted by Gasteiger charge is 2.13. The van der Waals surface area contributed by atoms with Crippen LogP contribution in [0.4, 0.5) is 0 Å². The number of hydrogen-bond donors (Lipinski definition) is 0. The van der Waals surface area contributed by atoms with Gasteiger partial charge in [-0.2, -0.15) is 0 Å². The summed E-state index contributed by atoms with van der Waals surface area (Å²) in [6.45, 7) is 4.23. The predicted octanol–water partition coefficient (Wildman–Crippen LogP) is 3.47. The Morgan fingerprint density at radius 2 is 1.80 bits per heavy atom. The van der Waals surface area contributed by atoms with E-state index in [0.29, 0.717) is 0 Å². The normalized spacial score (nSPS) is 10.5. The third-order valence-corrected chi connectivity index (χ3v) is 2.59. The average molecular weight is 201 g/mol. The van der Waals surface area contributed by atoms with Crippen LogP contribution < -0.4 is 0 Å². The molecule has 0 unspecified atom stereocenters. The topological polar surface area (TPSA) is 26.0 Å². The summed E-state index contributed by atoms with van der Waals surface area (Å²) in [7, 11) is 0. The lowest BCUT2D eigenvalue weighted by atomic mass is 10.0. The SMILES string of the molecule is CCc1onc(-c2ccccc2)c1CC. The minimum absolute atomic E-state index is 0.906. The zero-order valence-electron chi connectivity index (χ0n) is 9.16. The van der Waals surface area contributed by atoms with Gasteiger partial charge < -0.3 is 4.52 Å². The molecule has 2 rings (SSSR count). The second kappa shape index (κ2) is 4.30. The van der Waals surface area contributed by atoms with Crippen LogP contribution in [0.15, 0.2) is 34.9 Å². The number of benzene rings is 1. The first-order valence-corrected chi connectivity index (χ1v) is 5.39. The van der Waals surface area contributed by atoms with Crippen LogP contribution in [0.5, 0.6) is 0 Å². The third-order valence-electron chi connectivity index (χ3n) is 2.59. The van der Waals surface area contributed by atoms with Gasteiger partial charge in [-0.15, -0.1) is 0 Å². The van der Waals surface area contributed by atoms with E-state index in [1.165, 1.54) is 5.56 Å². The van der Waals surface area contributed by atoms with E-state index in [9.17, 15) is 0 Å². The van der Waals surface area contributed by atoms with Crippen LogP contribution in [0.3, 0.4) is 0 Å². The molecule has 0 aliphatic carbocycles. The first-order chi connectivity index (χ1) is 7.36. The van der Waals surface area contributed by atoms with E-state index in [2.05, 4.69) is 31.1 Å². The maximum atomic E-state index is 5.34. The fourth-order valence-corrected chi connectivity index (χ4v) is 1.81. The van der Waals surface area contributed by atoms with Crippen LogP contribution in [-0.4, -0.2) is 5.16 Å². The van der Waals surface area contributed by atoms with Crippen molar-refractivity contribution in [1.29, 1.82) is 0 Å². The van der Waals surface area contributed by atoms with Gasteiger partial charge >= 0.3 is 0 Å². The molecule has 2 heteroatoms. The molecule has 0 fully saturated rings. The van der Waals surface area contributed by atoms with Crippen LogP contribution in [-0.2, 0) is 12.8 Å². The van der Waals surface area contributed by atoms with Gasteiger partial charge in [-0.3, -0.25) is 0 Å². The van der Waals surface area contributed by atoms with Crippen molar-refractivity contribution in [3.63, 3.8) is 0 Å². The maximum absolute atomic E-state index is 5.34. The van der Waals surface area contributed by atoms with E-state index in [-0.39, 0.29) is 0 Å². The number of rotatable bonds is 3. The molecule has 0 bridgehead atoms. The lowest BCUT2D eigenvalue weighted by molar-refractivity contribution is 0.387. The highest BCUT2D eigenvalue weighted by Crippen LogP contribution is 2.25. The van der Waals surface area contributed by atoms with Crippen molar-refractivity contribution >= 4 is 0 Å². The van der Waals surface area contributed by atoms with Gasteiger partial charge in [-0.25, -0.2) is 0 Å². The number of hydrogen-bond acceptors (Lipinski definition) is 2. The summed E-state index contributed by atoms with van der Waals surface area (Å²) in [5.74, 6) is 1.01. The van der Waals surface area contributed by atoms with Crippen molar-refractivity contribution in [1.82, 2.24) is 5.16 Å². The molecule has 15 heavy (non-hydrogen) atoms. The van der Waals surface area contributed by atoms with Gasteiger partial charge in [-0.05, 0) is 6.42 Å². The summed E-state index contributed by atoms with van der Waals surface area (Å²) in [5.41, 5.74) is 3.37. The molecule has 0 N–H and O–H groups in total. The lowest BCUT2D eigenvalue weighted by Crippen LogP contribution is -1.88. The molecule has 78 valence electrons. The Morgan fingerprint density at radius 1 is 1.07 bits per heavy atom. The Kier molecular flexibility index (Phi) is 2.86. The summed E-state index contributed by atoms with van der Waals surface area (Å²) >= 11 is 0. The smallest absolute Gasteiger partial charge is 0.140 e. The minimum atomic E-state index is 0.906. The van der Waals surface area contributed by atoms with Crippen molar-refractivity contribution in [2.75, 3.05) is 0 Å². The quantitative estimate of drug-likeness (QED) is 0.760. The average Bonchev–Trinajstić information content (AvgIpc) is 2.72. The maximum Gasteiger partial charge on any atom is 0.140 e. The van der Waals surface area contributed by atoms with E-state index < -0.39 is 0 Å². The molecule has 0 saturated heterocycles. The summed E-state index contributed by atoms with van der Waals surface area (Å²) in [6, 6.07) is 10.2. The van der Waals surface area contributed by atoms with Gasteiger partial charge in [0.15, 0.2) is 0 Å². The highest BCUT2D eigenvalue weighted by atomic mass is 16.5. The fourth-order valence-electron chi connectivity index (χ4n) is 1.81. The van der Waals surface area contributed by atoms with Crippen molar-refractivity contribution in [3.8, 4) is 11.3 Å². The Labute approximate surface area is 89.9 Å². The Balaban J connectivity index is 2.49. The zero-order chi connectivity index (χ0) is 10.7. The molecule has 2 aromatic rings. The predicted molar refractivity (Wildman–Crippen MR) is 60.7 cm³/mol. The second-order valence-electron chi connectivity index (χ2n) is 3.51. The first-order valence-electron chi connectivity index (χ1n) is 5.39. The summed E-state index contributed by atoms with van der Waals surface area (Å²) in [5, 5.41) is 4.15. The molecule has 0 aliphatic heterocycles. The van der Waals surface area contributed by atoms with Crippen LogP contribution in [0.1, 0.15) is 25.2 Å². The number of aromatic nitrogens is 1. The highest BCUT2D eigenvalue weighted by molar-refractivity contribution is 5.63. The molecule has 0 amide bonds. The van der Waals surface area contributed by atoms with Gasteiger partial charge in [0.05, 0.1) is 0 Å². The van der Waals surface area contributed by atoms with Crippen molar-refractivity contribution in [3.05, 3.63) is 41.7 Å². The summed E-state index contributed by atoms with van der Waals surface area (Å²) in [4.78, 5) is 0. The molecule has 0 saturated carbocycles. The molecule has 2 nitrogen and oxygen atoms in total. The van der Waals surface area contributed by atoms with E-state index in [1.54, 1.807) is 0 Å².